The summed E-state index contributed by atoms with van der Waals surface area (Å²) in [5, 5.41) is 2.88. The first-order chi connectivity index (χ1) is 13.2. The lowest BCUT2D eigenvalue weighted by Crippen LogP contribution is -2.19. The molecular formula is C22H23N3O2. The lowest BCUT2D eigenvalue weighted by molar-refractivity contribution is 0.102. The topological polar surface area (TPSA) is 54.5 Å². The number of carbonyl (C=O) groups is 1. The minimum Gasteiger partial charge on any atom is -0.492 e. The van der Waals surface area contributed by atoms with Crippen LogP contribution in [0.25, 0.3) is 0 Å². The standard InChI is InChI=1S/C22H23N3O2/c1-3-27-21-12-8-7-11-19(21)24-22(26)20-15-18(13-14-23-20)25(2)16-17-9-5-4-6-10-17/h4-15H,3,16H2,1-2H3,(H,24,26). The second-order valence-electron chi connectivity index (χ2n) is 6.12. The molecule has 1 aromatic heterocycles. The molecule has 0 radical (unpaired) electrons. The second kappa shape index (κ2) is 8.85. The average molecular weight is 361 g/mol. The molecule has 3 aromatic rings. The highest BCUT2D eigenvalue weighted by Gasteiger charge is 2.13. The van der Waals surface area contributed by atoms with Gasteiger partial charge in [0.05, 0.1) is 12.3 Å². The second-order valence-corrected chi connectivity index (χ2v) is 6.12. The smallest absolute Gasteiger partial charge is 0.274 e. The Balaban J connectivity index is 1.74. The lowest BCUT2D eigenvalue weighted by Gasteiger charge is -2.20. The molecule has 0 spiro atoms. The van der Waals surface area contributed by atoms with Crippen LogP contribution in [0.4, 0.5) is 11.4 Å². The Morgan fingerprint density at radius 3 is 2.59 bits per heavy atom. The van der Waals surface area contributed by atoms with Crippen molar-refractivity contribution in [2.75, 3.05) is 23.9 Å². The van der Waals surface area contributed by atoms with Crippen molar-refractivity contribution in [1.82, 2.24) is 4.98 Å². The van der Waals surface area contributed by atoms with Crippen molar-refractivity contribution in [2.24, 2.45) is 0 Å². The molecule has 5 nitrogen and oxygen atoms in total. The Kier molecular flexibility index (Phi) is 6.05. The summed E-state index contributed by atoms with van der Waals surface area (Å²) in [6.45, 7) is 3.19. The zero-order chi connectivity index (χ0) is 19.1. The van der Waals surface area contributed by atoms with Crippen LogP contribution in [0.15, 0.2) is 72.9 Å². The molecule has 2 aromatic carbocycles. The molecule has 0 aliphatic carbocycles. The van der Waals surface area contributed by atoms with E-state index in [0.717, 1.165) is 12.2 Å². The number of ether oxygens (including phenoxy) is 1. The van der Waals surface area contributed by atoms with Crippen molar-refractivity contribution in [3.05, 3.63) is 84.2 Å². The van der Waals surface area contributed by atoms with Gasteiger partial charge in [0, 0.05) is 25.5 Å². The summed E-state index contributed by atoms with van der Waals surface area (Å²) >= 11 is 0. The number of amides is 1. The maximum atomic E-state index is 12.7. The van der Waals surface area contributed by atoms with Crippen molar-refractivity contribution >= 4 is 17.3 Å². The number of nitrogens with zero attached hydrogens (tertiary/aromatic N) is 2. The Labute approximate surface area is 159 Å². The monoisotopic (exact) mass is 361 g/mol. The summed E-state index contributed by atoms with van der Waals surface area (Å²) in [7, 11) is 1.99. The van der Waals surface area contributed by atoms with E-state index in [1.165, 1.54) is 5.56 Å². The van der Waals surface area contributed by atoms with Crippen molar-refractivity contribution in [2.45, 2.75) is 13.5 Å². The van der Waals surface area contributed by atoms with Gasteiger partial charge in [0.25, 0.3) is 5.91 Å². The molecule has 1 N–H and O–H groups in total. The van der Waals surface area contributed by atoms with E-state index in [4.69, 9.17) is 4.74 Å². The zero-order valence-electron chi connectivity index (χ0n) is 15.6. The Morgan fingerprint density at radius 2 is 1.81 bits per heavy atom. The van der Waals surface area contributed by atoms with Gasteiger partial charge >= 0.3 is 0 Å². The first kappa shape index (κ1) is 18.5. The van der Waals surface area contributed by atoms with Gasteiger partial charge in [0.15, 0.2) is 0 Å². The molecule has 0 aliphatic rings. The fraction of sp³-hybridized carbons (Fsp3) is 0.182. The predicted molar refractivity (Wildman–Crippen MR) is 108 cm³/mol. The molecule has 1 amide bonds. The van der Waals surface area contributed by atoms with E-state index in [9.17, 15) is 4.79 Å². The number of benzene rings is 2. The van der Waals surface area contributed by atoms with Crippen LogP contribution in [0.5, 0.6) is 5.75 Å². The van der Waals surface area contributed by atoms with Crippen LogP contribution in [0.2, 0.25) is 0 Å². The number of para-hydroxylation sites is 2. The predicted octanol–water partition coefficient (Wildman–Crippen LogP) is 4.37. The normalized spacial score (nSPS) is 10.3. The minimum absolute atomic E-state index is 0.267. The van der Waals surface area contributed by atoms with Gasteiger partial charge in [0.1, 0.15) is 11.4 Å². The van der Waals surface area contributed by atoms with Crippen LogP contribution in [-0.4, -0.2) is 24.5 Å². The van der Waals surface area contributed by atoms with E-state index in [2.05, 4.69) is 27.3 Å². The number of carbonyl (C=O) groups excluding carboxylic acids is 1. The van der Waals surface area contributed by atoms with Gasteiger partial charge < -0.3 is 15.0 Å². The molecule has 0 saturated heterocycles. The lowest BCUT2D eigenvalue weighted by atomic mass is 10.2. The van der Waals surface area contributed by atoms with Gasteiger partial charge in [-0.2, -0.15) is 0 Å². The van der Waals surface area contributed by atoms with Gasteiger partial charge in [-0.15, -0.1) is 0 Å². The van der Waals surface area contributed by atoms with E-state index in [0.29, 0.717) is 23.7 Å². The van der Waals surface area contributed by atoms with Crippen molar-refractivity contribution in [3.63, 3.8) is 0 Å². The molecule has 138 valence electrons. The molecule has 0 bridgehead atoms. The van der Waals surface area contributed by atoms with Crippen LogP contribution in [0.3, 0.4) is 0 Å². The Hall–Kier alpha value is -3.34. The third-order valence-electron chi connectivity index (χ3n) is 4.11. The van der Waals surface area contributed by atoms with Crippen LogP contribution in [-0.2, 0) is 6.54 Å². The molecule has 1 heterocycles. The van der Waals surface area contributed by atoms with E-state index >= 15 is 0 Å². The van der Waals surface area contributed by atoms with Gasteiger partial charge in [-0.05, 0) is 36.8 Å². The van der Waals surface area contributed by atoms with Gasteiger partial charge in [-0.3, -0.25) is 9.78 Å². The van der Waals surface area contributed by atoms with Crippen LogP contribution < -0.4 is 15.0 Å². The highest BCUT2D eigenvalue weighted by molar-refractivity contribution is 6.04. The maximum Gasteiger partial charge on any atom is 0.274 e. The largest absolute Gasteiger partial charge is 0.492 e. The number of hydrogen-bond donors (Lipinski definition) is 1. The molecule has 0 aliphatic heterocycles. The van der Waals surface area contributed by atoms with Crippen molar-refractivity contribution in [1.29, 1.82) is 0 Å². The summed E-state index contributed by atoms with van der Waals surface area (Å²) in [5.74, 6) is 0.378. The van der Waals surface area contributed by atoms with Gasteiger partial charge in [0.2, 0.25) is 0 Å². The number of aromatic nitrogens is 1. The first-order valence-corrected chi connectivity index (χ1v) is 8.91. The van der Waals surface area contributed by atoms with E-state index < -0.39 is 0 Å². The summed E-state index contributed by atoms with van der Waals surface area (Å²) in [5.41, 5.74) is 3.12. The Bertz CT molecular complexity index is 897. The van der Waals surface area contributed by atoms with E-state index in [-0.39, 0.29) is 5.91 Å². The average Bonchev–Trinajstić information content (AvgIpc) is 2.70. The van der Waals surface area contributed by atoms with E-state index in [1.54, 1.807) is 12.3 Å². The quantitative estimate of drug-likeness (QED) is 0.679. The van der Waals surface area contributed by atoms with Gasteiger partial charge in [-0.25, -0.2) is 0 Å². The fourth-order valence-electron chi connectivity index (χ4n) is 2.77. The summed E-state index contributed by atoms with van der Waals surface area (Å²) in [4.78, 5) is 19.0. The molecular weight excluding hydrogens is 338 g/mol. The van der Waals surface area contributed by atoms with Crippen molar-refractivity contribution in [3.8, 4) is 5.75 Å². The van der Waals surface area contributed by atoms with Gasteiger partial charge in [-0.1, -0.05) is 42.5 Å². The SMILES string of the molecule is CCOc1ccccc1NC(=O)c1cc(N(C)Cc2ccccc2)ccn1. The Morgan fingerprint density at radius 1 is 1.07 bits per heavy atom. The molecule has 27 heavy (non-hydrogen) atoms. The molecule has 0 unspecified atom stereocenters. The van der Waals surface area contributed by atoms with Crippen molar-refractivity contribution < 1.29 is 9.53 Å². The minimum atomic E-state index is -0.267. The fourth-order valence-corrected chi connectivity index (χ4v) is 2.77. The molecule has 0 atom stereocenters. The first-order valence-electron chi connectivity index (χ1n) is 8.91. The maximum absolute atomic E-state index is 12.7. The number of hydrogen-bond acceptors (Lipinski definition) is 4. The highest BCUT2D eigenvalue weighted by Crippen LogP contribution is 2.24. The van der Waals surface area contributed by atoms with Crippen LogP contribution in [0, 0.1) is 0 Å². The zero-order valence-corrected chi connectivity index (χ0v) is 15.6. The van der Waals surface area contributed by atoms with E-state index in [1.807, 2.05) is 62.5 Å². The third kappa shape index (κ3) is 4.85. The molecule has 3 rings (SSSR count). The number of rotatable bonds is 7. The highest BCUT2D eigenvalue weighted by atomic mass is 16.5. The summed E-state index contributed by atoms with van der Waals surface area (Å²) in [6, 6.07) is 21.3. The molecule has 0 fully saturated rings. The molecule has 5 heteroatoms. The van der Waals surface area contributed by atoms with Crippen LogP contribution in [0.1, 0.15) is 23.0 Å². The van der Waals surface area contributed by atoms with Crippen LogP contribution >= 0.6 is 0 Å². The molecule has 0 saturated carbocycles. The summed E-state index contributed by atoms with van der Waals surface area (Å²) < 4.78 is 5.56. The number of anilines is 2. The number of nitrogens with one attached hydrogen (secondary N) is 1. The summed E-state index contributed by atoms with van der Waals surface area (Å²) in [6.07, 6.45) is 1.65. The third-order valence-corrected chi connectivity index (χ3v) is 4.11. The number of pyridine rings is 1.